The summed E-state index contributed by atoms with van der Waals surface area (Å²) in [5.41, 5.74) is 2.25. The molecule has 8 nitrogen and oxygen atoms in total. The van der Waals surface area contributed by atoms with Crippen molar-refractivity contribution in [3.8, 4) is 11.3 Å². The van der Waals surface area contributed by atoms with Gasteiger partial charge in [0.1, 0.15) is 4.88 Å². The average molecular weight is 536 g/mol. The molecule has 1 heterocycles. The predicted octanol–water partition coefficient (Wildman–Crippen LogP) is 5.06. The molecule has 0 radical (unpaired) electrons. The number of nitrogens with zero attached hydrogens (tertiary/aromatic N) is 2. The van der Waals surface area contributed by atoms with Crippen molar-refractivity contribution in [2.45, 2.75) is 18.4 Å². The van der Waals surface area contributed by atoms with Crippen LogP contribution in [0, 0.1) is 0 Å². The first-order valence-corrected chi connectivity index (χ1v) is 13.7. The summed E-state index contributed by atoms with van der Waals surface area (Å²) in [5.74, 6) is -1.00. The summed E-state index contributed by atoms with van der Waals surface area (Å²) in [6.07, 6.45) is 0. The van der Waals surface area contributed by atoms with E-state index in [1.54, 1.807) is 6.92 Å². The van der Waals surface area contributed by atoms with E-state index in [0.29, 0.717) is 5.69 Å². The van der Waals surface area contributed by atoms with E-state index in [1.165, 1.54) is 35.6 Å². The summed E-state index contributed by atoms with van der Waals surface area (Å²) >= 11 is 1.02. The van der Waals surface area contributed by atoms with Crippen molar-refractivity contribution in [3.05, 3.63) is 101 Å². The molecule has 0 fully saturated rings. The van der Waals surface area contributed by atoms with E-state index in [4.69, 9.17) is 4.74 Å². The Bertz CT molecular complexity index is 1490. The van der Waals surface area contributed by atoms with Gasteiger partial charge in [-0.1, -0.05) is 72.0 Å². The number of esters is 1. The lowest BCUT2D eigenvalue weighted by Crippen LogP contribution is -2.26. The van der Waals surface area contributed by atoms with Crippen LogP contribution in [-0.4, -0.2) is 43.2 Å². The lowest BCUT2D eigenvalue weighted by Gasteiger charge is -2.17. The van der Waals surface area contributed by atoms with Gasteiger partial charge in [-0.05, 0) is 36.8 Å². The molecule has 1 aromatic heterocycles. The number of carbonyl (C=O) groups is 2. The number of amides is 1. The number of thiazole rings is 1. The van der Waals surface area contributed by atoms with Crippen LogP contribution in [0.25, 0.3) is 11.3 Å². The minimum absolute atomic E-state index is 0.0766. The Kier molecular flexibility index (Phi) is 8.12. The van der Waals surface area contributed by atoms with Crippen LogP contribution in [0.15, 0.2) is 89.8 Å². The van der Waals surface area contributed by atoms with Gasteiger partial charge in [0.2, 0.25) is 10.0 Å². The van der Waals surface area contributed by atoms with E-state index >= 15 is 0 Å². The van der Waals surface area contributed by atoms with E-state index in [2.05, 4.69) is 10.3 Å². The minimum atomic E-state index is -3.75. The molecule has 190 valence electrons. The van der Waals surface area contributed by atoms with Crippen LogP contribution in [0.3, 0.4) is 0 Å². The fourth-order valence-electron chi connectivity index (χ4n) is 3.55. The second-order valence-corrected chi connectivity index (χ2v) is 11.1. The Morgan fingerprint density at radius 2 is 1.57 bits per heavy atom. The molecular formula is C27H25N3O5S2. The summed E-state index contributed by atoms with van der Waals surface area (Å²) in [6.45, 7) is 2.15. The van der Waals surface area contributed by atoms with Gasteiger partial charge in [-0.15, -0.1) is 0 Å². The average Bonchev–Trinajstić information content (AvgIpc) is 3.34. The molecule has 37 heavy (non-hydrogen) atoms. The Morgan fingerprint density at radius 3 is 2.19 bits per heavy atom. The standard InChI is InChI=1S/C27H25N3O5S2/c1-3-35-26(32)24-23(20-12-8-5-9-13-20)28-27(36-24)29-25(31)21-14-16-22(17-15-21)37(33,34)30(2)18-19-10-6-4-7-11-19/h4-17H,3,18H2,1-2H3,(H,28,29,31). The first kappa shape index (κ1) is 26.2. The molecule has 0 unspecified atom stereocenters. The first-order valence-electron chi connectivity index (χ1n) is 11.4. The molecule has 0 aliphatic carbocycles. The van der Waals surface area contributed by atoms with Crippen LogP contribution in [0.2, 0.25) is 0 Å². The number of nitrogens with one attached hydrogen (secondary N) is 1. The fourth-order valence-corrected chi connectivity index (χ4v) is 5.59. The van der Waals surface area contributed by atoms with E-state index < -0.39 is 21.9 Å². The molecular weight excluding hydrogens is 510 g/mol. The molecule has 0 saturated carbocycles. The highest BCUT2D eigenvalue weighted by atomic mass is 32.2. The largest absolute Gasteiger partial charge is 0.462 e. The zero-order chi connectivity index (χ0) is 26.4. The highest BCUT2D eigenvalue weighted by Gasteiger charge is 2.23. The summed E-state index contributed by atoms with van der Waals surface area (Å²) in [7, 11) is -2.24. The number of hydrogen-bond donors (Lipinski definition) is 1. The fraction of sp³-hybridized carbons (Fsp3) is 0.148. The van der Waals surface area contributed by atoms with Crippen molar-refractivity contribution in [1.29, 1.82) is 0 Å². The van der Waals surface area contributed by atoms with Crippen LogP contribution < -0.4 is 5.32 Å². The lowest BCUT2D eigenvalue weighted by molar-refractivity contribution is 0.0532. The molecule has 0 aliphatic heterocycles. The molecule has 0 atom stereocenters. The van der Waals surface area contributed by atoms with E-state index in [9.17, 15) is 18.0 Å². The van der Waals surface area contributed by atoms with Gasteiger partial charge in [0.05, 0.1) is 17.2 Å². The number of rotatable bonds is 9. The molecule has 0 aliphatic rings. The van der Waals surface area contributed by atoms with E-state index in [1.807, 2.05) is 60.7 Å². The molecule has 4 aromatic rings. The van der Waals surface area contributed by atoms with Gasteiger partial charge in [-0.25, -0.2) is 18.2 Å². The summed E-state index contributed by atoms with van der Waals surface area (Å²) < 4.78 is 32.4. The number of ether oxygens (including phenoxy) is 1. The Labute approximate surface area is 219 Å². The zero-order valence-corrected chi connectivity index (χ0v) is 21.9. The molecule has 0 spiro atoms. The predicted molar refractivity (Wildman–Crippen MR) is 143 cm³/mol. The van der Waals surface area contributed by atoms with E-state index in [-0.39, 0.29) is 33.6 Å². The molecule has 1 N–H and O–H groups in total. The third-order valence-electron chi connectivity index (χ3n) is 5.43. The van der Waals surface area contributed by atoms with Gasteiger partial charge in [0, 0.05) is 24.7 Å². The van der Waals surface area contributed by atoms with Gasteiger partial charge in [0.15, 0.2) is 5.13 Å². The van der Waals surface area contributed by atoms with Crippen molar-refractivity contribution in [2.75, 3.05) is 19.0 Å². The number of anilines is 1. The van der Waals surface area contributed by atoms with Crippen molar-refractivity contribution in [2.24, 2.45) is 0 Å². The number of aromatic nitrogens is 1. The second kappa shape index (κ2) is 11.5. The minimum Gasteiger partial charge on any atom is -0.462 e. The summed E-state index contributed by atoms with van der Waals surface area (Å²) in [4.78, 5) is 30.2. The van der Waals surface area contributed by atoms with Gasteiger partial charge in [-0.2, -0.15) is 4.31 Å². The normalized spacial score (nSPS) is 11.3. The zero-order valence-electron chi connectivity index (χ0n) is 20.2. The monoisotopic (exact) mass is 535 g/mol. The third kappa shape index (κ3) is 6.11. The molecule has 1 amide bonds. The quantitative estimate of drug-likeness (QED) is 0.300. The van der Waals surface area contributed by atoms with Crippen molar-refractivity contribution in [3.63, 3.8) is 0 Å². The number of benzene rings is 3. The molecule has 3 aromatic carbocycles. The van der Waals surface area contributed by atoms with Crippen molar-refractivity contribution < 1.29 is 22.7 Å². The highest BCUT2D eigenvalue weighted by molar-refractivity contribution is 7.89. The maximum Gasteiger partial charge on any atom is 0.350 e. The van der Waals surface area contributed by atoms with Crippen LogP contribution in [-0.2, 0) is 21.3 Å². The maximum atomic E-state index is 13.0. The highest BCUT2D eigenvalue weighted by Crippen LogP contribution is 2.32. The SMILES string of the molecule is CCOC(=O)c1sc(NC(=O)c2ccc(S(=O)(=O)N(C)Cc3ccccc3)cc2)nc1-c1ccccc1. The molecule has 0 bridgehead atoms. The summed E-state index contributed by atoms with van der Waals surface area (Å²) in [6, 6.07) is 24.1. The molecule has 10 heteroatoms. The lowest BCUT2D eigenvalue weighted by atomic mass is 10.1. The van der Waals surface area contributed by atoms with Gasteiger partial charge in [0.25, 0.3) is 5.91 Å². The van der Waals surface area contributed by atoms with Gasteiger partial charge >= 0.3 is 5.97 Å². The van der Waals surface area contributed by atoms with Crippen molar-refractivity contribution >= 4 is 38.4 Å². The smallest absolute Gasteiger partial charge is 0.350 e. The van der Waals surface area contributed by atoms with E-state index in [0.717, 1.165) is 22.5 Å². The Hall–Kier alpha value is -3.86. The van der Waals surface area contributed by atoms with Gasteiger partial charge in [-0.3, -0.25) is 10.1 Å². The van der Waals surface area contributed by atoms with Gasteiger partial charge < -0.3 is 4.74 Å². The maximum absolute atomic E-state index is 13.0. The Balaban J connectivity index is 1.51. The topological polar surface area (TPSA) is 106 Å². The van der Waals surface area contributed by atoms with Crippen molar-refractivity contribution in [1.82, 2.24) is 9.29 Å². The van der Waals surface area contributed by atoms with Crippen LogP contribution in [0.1, 0.15) is 32.5 Å². The Morgan fingerprint density at radius 1 is 0.946 bits per heavy atom. The van der Waals surface area contributed by atoms with Crippen LogP contribution in [0.5, 0.6) is 0 Å². The number of hydrogen-bond acceptors (Lipinski definition) is 7. The summed E-state index contributed by atoms with van der Waals surface area (Å²) in [5, 5.41) is 2.93. The molecule has 0 saturated heterocycles. The van der Waals surface area contributed by atoms with Crippen LogP contribution in [0.4, 0.5) is 5.13 Å². The van der Waals surface area contributed by atoms with Crippen LogP contribution >= 0.6 is 11.3 Å². The molecule has 4 rings (SSSR count). The number of sulfonamides is 1. The first-order chi connectivity index (χ1) is 17.8. The second-order valence-electron chi connectivity index (χ2n) is 8.01. The number of carbonyl (C=O) groups excluding carboxylic acids is 2. The third-order valence-corrected chi connectivity index (χ3v) is 8.20.